The van der Waals surface area contributed by atoms with Gasteiger partial charge in [-0.2, -0.15) is 13.2 Å². The SMILES string of the molecule is Cc1nc(NC(Br)c2cccc(C(F)(F)F)c2)c2cn(C3(C)CCOCC3)c(=O)cc2n1. The van der Waals surface area contributed by atoms with Gasteiger partial charge in [0.15, 0.2) is 0 Å². The largest absolute Gasteiger partial charge is 0.416 e. The molecule has 1 aromatic carbocycles. The Labute approximate surface area is 191 Å². The van der Waals surface area contributed by atoms with Crippen molar-refractivity contribution in [2.24, 2.45) is 0 Å². The normalized spacial score (nSPS) is 17.3. The maximum absolute atomic E-state index is 13.1. The molecule has 1 aliphatic rings. The molecule has 1 unspecified atom stereocenters. The van der Waals surface area contributed by atoms with E-state index >= 15 is 0 Å². The van der Waals surface area contributed by atoms with Crippen molar-refractivity contribution >= 4 is 32.7 Å². The van der Waals surface area contributed by atoms with Crippen LogP contribution in [0.15, 0.2) is 41.3 Å². The van der Waals surface area contributed by atoms with Crippen molar-refractivity contribution in [2.45, 2.75) is 43.4 Å². The van der Waals surface area contributed by atoms with E-state index in [1.165, 1.54) is 12.1 Å². The number of aromatic nitrogens is 3. The van der Waals surface area contributed by atoms with Crippen LogP contribution in [0.3, 0.4) is 0 Å². The Morgan fingerprint density at radius 2 is 1.94 bits per heavy atom. The first-order valence-electron chi connectivity index (χ1n) is 10.1. The molecule has 1 N–H and O–H groups in total. The lowest BCUT2D eigenvalue weighted by Gasteiger charge is -2.35. The number of pyridine rings is 1. The summed E-state index contributed by atoms with van der Waals surface area (Å²) in [6.45, 7) is 4.84. The first kappa shape index (κ1) is 22.7. The Morgan fingerprint density at radius 3 is 2.62 bits per heavy atom. The lowest BCUT2D eigenvalue weighted by molar-refractivity contribution is -0.137. The average Bonchev–Trinajstić information content (AvgIpc) is 2.73. The number of hydrogen-bond acceptors (Lipinski definition) is 5. The fourth-order valence-electron chi connectivity index (χ4n) is 3.88. The number of rotatable bonds is 4. The van der Waals surface area contributed by atoms with Gasteiger partial charge in [-0.15, -0.1) is 0 Å². The molecule has 0 saturated carbocycles. The van der Waals surface area contributed by atoms with E-state index in [2.05, 4.69) is 31.2 Å². The van der Waals surface area contributed by atoms with Crippen molar-refractivity contribution in [2.75, 3.05) is 18.5 Å². The van der Waals surface area contributed by atoms with Gasteiger partial charge < -0.3 is 14.6 Å². The van der Waals surface area contributed by atoms with Crippen LogP contribution in [0, 0.1) is 6.92 Å². The van der Waals surface area contributed by atoms with Crippen molar-refractivity contribution in [1.29, 1.82) is 0 Å². The lowest BCUT2D eigenvalue weighted by Crippen LogP contribution is -2.42. The fraction of sp³-hybridized carbons (Fsp3) is 0.409. The Balaban J connectivity index is 1.75. The molecule has 3 aromatic rings. The monoisotopic (exact) mass is 510 g/mol. The highest BCUT2D eigenvalue weighted by molar-refractivity contribution is 9.09. The second-order valence-corrected chi connectivity index (χ2v) is 9.06. The summed E-state index contributed by atoms with van der Waals surface area (Å²) in [6.07, 6.45) is -1.31. The summed E-state index contributed by atoms with van der Waals surface area (Å²) in [6, 6.07) is 6.55. The van der Waals surface area contributed by atoms with Gasteiger partial charge in [0.25, 0.3) is 5.56 Å². The van der Waals surface area contributed by atoms with Gasteiger partial charge in [0.2, 0.25) is 0 Å². The second-order valence-electron chi connectivity index (χ2n) is 8.14. The Hall–Kier alpha value is -2.46. The minimum Gasteiger partial charge on any atom is -0.381 e. The highest BCUT2D eigenvalue weighted by atomic mass is 79.9. The summed E-state index contributed by atoms with van der Waals surface area (Å²) in [5.41, 5.74) is -0.430. The summed E-state index contributed by atoms with van der Waals surface area (Å²) < 4.78 is 46.5. The van der Waals surface area contributed by atoms with Crippen LogP contribution in [-0.4, -0.2) is 27.7 Å². The number of fused-ring (bicyclic) bond motifs is 1. The Morgan fingerprint density at radius 1 is 1.22 bits per heavy atom. The number of hydrogen-bond donors (Lipinski definition) is 1. The van der Waals surface area contributed by atoms with Crippen LogP contribution in [-0.2, 0) is 16.5 Å². The van der Waals surface area contributed by atoms with Gasteiger partial charge in [-0.1, -0.05) is 28.1 Å². The topological polar surface area (TPSA) is 69.0 Å². The number of benzene rings is 1. The van der Waals surface area contributed by atoms with Gasteiger partial charge in [0.1, 0.15) is 16.6 Å². The third-order valence-electron chi connectivity index (χ3n) is 5.76. The summed E-state index contributed by atoms with van der Waals surface area (Å²) in [5, 5.41) is 3.75. The van der Waals surface area contributed by atoms with Crippen LogP contribution in [0.2, 0.25) is 0 Å². The predicted octanol–water partition coefficient (Wildman–Crippen LogP) is 5.15. The van der Waals surface area contributed by atoms with E-state index in [0.29, 0.717) is 54.2 Å². The first-order valence-corrected chi connectivity index (χ1v) is 11.1. The zero-order valence-electron chi connectivity index (χ0n) is 17.5. The van der Waals surface area contributed by atoms with E-state index in [4.69, 9.17) is 4.74 Å². The van der Waals surface area contributed by atoms with Crippen molar-refractivity contribution in [3.05, 3.63) is 63.8 Å². The minimum absolute atomic E-state index is 0.167. The van der Waals surface area contributed by atoms with Gasteiger partial charge in [-0.05, 0) is 44.4 Å². The molecule has 10 heteroatoms. The third-order valence-corrected chi connectivity index (χ3v) is 6.52. The van der Waals surface area contributed by atoms with E-state index < -0.39 is 22.2 Å². The molecule has 32 heavy (non-hydrogen) atoms. The molecule has 0 bridgehead atoms. The molecule has 3 heterocycles. The molecule has 1 atom stereocenters. The predicted molar refractivity (Wildman–Crippen MR) is 119 cm³/mol. The van der Waals surface area contributed by atoms with Crippen molar-refractivity contribution in [3.63, 3.8) is 0 Å². The maximum Gasteiger partial charge on any atom is 0.416 e. The number of aryl methyl sites for hydroxylation is 1. The highest BCUT2D eigenvalue weighted by Crippen LogP contribution is 2.34. The highest BCUT2D eigenvalue weighted by Gasteiger charge is 2.32. The summed E-state index contributed by atoms with van der Waals surface area (Å²) in [4.78, 5) is 21.1. The molecule has 6 nitrogen and oxygen atoms in total. The van der Waals surface area contributed by atoms with E-state index in [1.54, 1.807) is 23.8 Å². The summed E-state index contributed by atoms with van der Waals surface area (Å²) >= 11 is 3.43. The van der Waals surface area contributed by atoms with Gasteiger partial charge in [0.05, 0.1) is 16.5 Å². The standard InChI is InChI=1S/C22H22BrF3N4O2/c1-13-27-17-11-18(31)30(21(2)6-8-32-9-7-21)12-16(17)20(28-13)29-19(23)14-4-3-5-15(10-14)22(24,25)26/h3-5,10-12,19H,6-9H2,1-2H3,(H,27,28,29). The molecule has 170 valence electrons. The smallest absolute Gasteiger partial charge is 0.381 e. The first-order chi connectivity index (χ1) is 15.1. The zero-order chi connectivity index (χ0) is 23.1. The third kappa shape index (κ3) is 4.52. The molecule has 2 aromatic heterocycles. The van der Waals surface area contributed by atoms with Gasteiger partial charge >= 0.3 is 6.18 Å². The average molecular weight is 511 g/mol. The van der Waals surface area contributed by atoms with Crippen LogP contribution < -0.4 is 10.9 Å². The number of alkyl halides is 4. The van der Waals surface area contributed by atoms with Gasteiger partial charge in [-0.3, -0.25) is 4.79 Å². The number of halogens is 4. The summed E-state index contributed by atoms with van der Waals surface area (Å²) in [7, 11) is 0. The second kappa shape index (κ2) is 8.47. The van der Waals surface area contributed by atoms with Crippen LogP contribution in [0.5, 0.6) is 0 Å². The molecule has 0 spiro atoms. The molecule has 1 saturated heterocycles. The van der Waals surface area contributed by atoms with Crippen molar-refractivity contribution in [1.82, 2.24) is 14.5 Å². The molecule has 0 aliphatic carbocycles. The Kier molecular flexibility index (Phi) is 6.02. The zero-order valence-corrected chi connectivity index (χ0v) is 19.1. The quantitative estimate of drug-likeness (QED) is 0.388. The van der Waals surface area contributed by atoms with E-state index in [0.717, 1.165) is 12.1 Å². The molecule has 0 radical (unpaired) electrons. The minimum atomic E-state index is -4.43. The molecular weight excluding hydrogens is 489 g/mol. The molecule has 0 amide bonds. The molecule has 1 aliphatic heterocycles. The van der Waals surface area contributed by atoms with E-state index in [9.17, 15) is 18.0 Å². The lowest BCUT2D eigenvalue weighted by atomic mass is 9.92. The number of ether oxygens (including phenoxy) is 1. The van der Waals surface area contributed by atoms with E-state index in [-0.39, 0.29) is 5.56 Å². The van der Waals surface area contributed by atoms with Crippen molar-refractivity contribution < 1.29 is 17.9 Å². The number of nitrogens with zero attached hydrogens (tertiary/aromatic N) is 3. The Bertz CT molecular complexity index is 1210. The number of anilines is 1. The number of nitrogens with one attached hydrogen (secondary N) is 1. The van der Waals surface area contributed by atoms with Crippen LogP contribution >= 0.6 is 15.9 Å². The van der Waals surface area contributed by atoms with Crippen LogP contribution in [0.4, 0.5) is 19.0 Å². The molecule has 4 rings (SSSR count). The van der Waals surface area contributed by atoms with Gasteiger partial charge in [-0.25, -0.2) is 9.97 Å². The molecule has 1 fully saturated rings. The maximum atomic E-state index is 13.1. The van der Waals surface area contributed by atoms with Crippen LogP contribution in [0.25, 0.3) is 10.9 Å². The van der Waals surface area contributed by atoms with Crippen LogP contribution in [0.1, 0.15) is 41.7 Å². The van der Waals surface area contributed by atoms with Crippen molar-refractivity contribution in [3.8, 4) is 0 Å². The van der Waals surface area contributed by atoms with E-state index in [1.807, 2.05) is 6.92 Å². The van der Waals surface area contributed by atoms with Gasteiger partial charge in [0, 0.05) is 31.0 Å². The molecular formula is C22H22BrF3N4O2. The summed E-state index contributed by atoms with van der Waals surface area (Å²) in [5.74, 6) is 0.870. The fourth-order valence-corrected chi connectivity index (χ4v) is 4.38.